The van der Waals surface area contributed by atoms with Crippen molar-refractivity contribution < 1.29 is 22.7 Å². The molecule has 3 rings (SSSR count). The van der Waals surface area contributed by atoms with Crippen molar-refractivity contribution in [1.29, 1.82) is 0 Å². The standard InChI is InChI=1S/C18H17F3N2O2/c1-25-13-4-2-3-10(8-13)15(18(19,20)21)16-14-6-5-11(17(22)24)7-12(14)9-23-16/h2-8,15-16,23H,9H2,1H3,(H2,22,24)/t15-,16?/m1/s1. The zero-order valence-electron chi connectivity index (χ0n) is 13.4. The Labute approximate surface area is 142 Å². The van der Waals surface area contributed by atoms with E-state index in [9.17, 15) is 18.0 Å². The van der Waals surface area contributed by atoms with Crippen molar-refractivity contribution in [3.8, 4) is 5.75 Å². The molecule has 0 fully saturated rings. The zero-order chi connectivity index (χ0) is 18.2. The summed E-state index contributed by atoms with van der Waals surface area (Å²) in [7, 11) is 1.41. The molecule has 1 aliphatic heterocycles. The third-order valence-corrected chi connectivity index (χ3v) is 4.41. The molecule has 2 aromatic rings. The Kier molecular flexibility index (Phi) is 4.43. The number of halogens is 3. The van der Waals surface area contributed by atoms with Gasteiger partial charge in [0.2, 0.25) is 5.91 Å². The smallest absolute Gasteiger partial charge is 0.397 e. The van der Waals surface area contributed by atoms with E-state index in [0.29, 0.717) is 16.9 Å². The average molecular weight is 350 g/mol. The third kappa shape index (κ3) is 3.32. The molecule has 0 aromatic heterocycles. The van der Waals surface area contributed by atoms with Crippen molar-refractivity contribution >= 4 is 5.91 Å². The Bertz CT molecular complexity index is 805. The van der Waals surface area contributed by atoms with Crippen LogP contribution in [0.25, 0.3) is 0 Å². The van der Waals surface area contributed by atoms with Gasteiger partial charge in [0.1, 0.15) is 5.75 Å². The summed E-state index contributed by atoms with van der Waals surface area (Å²) in [4.78, 5) is 11.3. The van der Waals surface area contributed by atoms with Gasteiger partial charge in [0.15, 0.2) is 0 Å². The topological polar surface area (TPSA) is 64.3 Å². The third-order valence-electron chi connectivity index (χ3n) is 4.41. The van der Waals surface area contributed by atoms with E-state index < -0.39 is 24.0 Å². The highest BCUT2D eigenvalue weighted by molar-refractivity contribution is 5.93. The number of nitrogens with two attached hydrogens (primary N) is 1. The number of primary amides is 1. The van der Waals surface area contributed by atoms with Crippen LogP contribution in [0.3, 0.4) is 0 Å². The van der Waals surface area contributed by atoms with Gasteiger partial charge in [0.05, 0.1) is 13.0 Å². The number of hydrogen-bond acceptors (Lipinski definition) is 3. The van der Waals surface area contributed by atoms with Gasteiger partial charge in [-0.05, 0) is 41.0 Å². The molecule has 1 unspecified atom stereocenters. The van der Waals surface area contributed by atoms with Crippen LogP contribution in [0.2, 0.25) is 0 Å². The van der Waals surface area contributed by atoms with Crippen LogP contribution < -0.4 is 15.8 Å². The molecule has 1 aliphatic rings. The van der Waals surface area contributed by atoms with Gasteiger partial charge in [-0.1, -0.05) is 18.2 Å². The molecular formula is C18H17F3N2O2. The average Bonchev–Trinajstić information content (AvgIpc) is 2.97. The van der Waals surface area contributed by atoms with Crippen LogP contribution in [0.4, 0.5) is 13.2 Å². The molecule has 0 saturated heterocycles. The first-order chi connectivity index (χ1) is 11.8. The number of hydrogen-bond donors (Lipinski definition) is 2. The van der Waals surface area contributed by atoms with E-state index in [4.69, 9.17) is 10.5 Å². The second kappa shape index (κ2) is 6.40. The van der Waals surface area contributed by atoms with Crippen molar-refractivity contribution in [3.05, 3.63) is 64.7 Å². The zero-order valence-corrected chi connectivity index (χ0v) is 13.4. The van der Waals surface area contributed by atoms with Gasteiger partial charge in [-0.3, -0.25) is 4.79 Å². The van der Waals surface area contributed by atoms with Gasteiger partial charge < -0.3 is 15.8 Å². The minimum Gasteiger partial charge on any atom is -0.497 e. The van der Waals surface area contributed by atoms with E-state index in [2.05, 4.69) is 5.32 Å². The highest BCUT2D eigenvalue weighted by Crippen LogP contribution is 2.47. The van der Waals surface area contributed by atoms with E-state index in [1.165, 1.54) is 25.3 Å². The summed E-state index contributed by atoms with van der Waals surface area (Å²) in [5, 5.41) is 2.92. The molecule has 0 saturated carbocycles. The number of nitrogens with one attached hydrogen (secondary N) is 1. The molecule has 1 heterocycles. The molecule has 2 aromatic carbocycles. The Hall–Kier alpha value is -2.54. The van der Waals surface area contributed by atoms with Crippen LogP contribution in [0.5, 0.6) is 5.75 Å². The van der Waals surface area contributed by atoms with Gasteiger partial charge in [0.25, 0.3) is 0 Å². The monoisotopic (exact) mass is 350 g/mol. The molecule has 3 N–H and O–H groups in total. The maximum atomic E-state index is 13.8. The summed E-state index contributed by atoms with van der Waals surface area (Å²) in [6.45, 7) is 0.248. The molecule has 0 spiro atoms. The summed E-state index contributed by atoms with van der Waals surface area (Å²) in [6, 6.07) is 9.59. The summed E-state index contributed by atoms with van der Waals surface area (Å²) in [6.07, 6.45) is -4.45. The van der Waals surface area contributed by atoms with Crippen LogP contribution in [-0.4, -0.2) is 19.2 Å². The fourth-order valence-corrected chi connectivity index (χ4v) is 3.25. The van der Waals surface area contributed by atoms with E-state index in [1.54, 1.807) is 24.3 Å². The Morgan fingerprint density at radius 1 is 1.28 bits per heavy atom. The van der Waals surface area contributed by atoms with Crippen LogP contribution in [0, 0.1) is 0 Å². The maximum absolute atomic E-state index is 13.8. The predicted octanol–water partition coefficient (Wildman–Crippen LogP) is 3.28. The first-order valence-electron chi connectivity index (χ1n) is 7.68. The lowest BCUT2D eigenvalue weighted by Gasteiger charge is -2.27. The number of alkyl halides is 3. The quantitative estimate of drug-likeness (QED) is 0.889. The largest absolute Gasteiger partial charge is 0.497 e. The summed E-state index contributed by atoms with van der Waals surface area (Å²) < 4.78 is 46.6. The highest BCUT2D eigenvalue weighted by atomic mass is 19.4. The molecule has 0 radical (unpaired) electrons. The predicted molar refractivity (Wildman–Crippen MR) is 86.3 cm³/mol. The number of carbonyl (C=O) groups excluding carboxylic acids is 1. The number of fused-ring (bicyclic) bond motifs is 1. The van der Waals surface area contributed by atoms with E-state index in [1.807, 2.05) is 0 Å². The number of benzene rings is 2. The van der Waals surface area contributed by atoms with Crippen LogP contribution >= 0.6 is 0 Å². The lowest BCUT2D eigenvalue weighted by atomic mass is 9.86. The fraction of sp³-hybridized carbons (Fsp3) is 0.278. The second-order valence-corrected chi connectivity index (χ2v) is 5.93. The number of methoxy groups -OCH3 is 1. The molecule has 0 bridgehead atoms. The minimum atomic E-state index is -4.45. The van der Waals surface area contributed by atoms with Crippen LogP contribution in [0.1, 0.15) is 39.0 Å². The molecule has 132 valence electrons. The maximum Gasteiger partial charge on any atom is 0.397 e. The Balaban J connectivity index is 2.04. The first-order valence-corrected chi connectivity index (χ1v) is 7.68. The number of rotatable bonds is 4. The summed E-state index contributed by atoms with van der Waals surface area (Å²) in [5.41, 5.74) is 6.82. The van der Waals surface area contributed by atoms with Crippen molar-refractivity contribution in [2.75, 3.05) is 7.11 Å². The van der Waals surface area contributed by atoms with Crippen molar-refractivity contribution in [2.24, 2.45) is 5.73 Å². The molecular weight excluding hydrogens is 333 g/mol. The number of amides is 1. The van der Waals surface area contributed by atoms with E-state index in [-0.39, 0.29) is 17.7 Å². The fourth-order valence-electron chi connectivity index (χ4n) is 3.25. The van der Waals surface area contributed by atoms with E-state index in [0.717, 1.165) is 0 Å². The molecule has 0 aliphatic carbocycles. The van der Waals surface area contributed by atoms with Crippen molar-refractivity contribution in [2.45, 2.75) is 24.7 Å². The van der Waals surface area contributed by atoms with Gasteiger partial charge in [0, 0.05) is 18.2 Å². The van der Waals surface area contributed by atoms with Crippen molar-refractivity contribution in [1.82, 2.24) is 5.32 Å². The summed E-state index contributed by atoms with van der Waals surface area (Å²) in [5.74, 6) is -1.97. The molecule has 2 atom stereocenters. The van der Waals surface area contributed by atoms with Crippen LogP contribution in [0.15, 0.2) is 42.5 Å². The lowest BCUT2D eigenvalue weighted by molar-refractivity contribution is -0.157. The lowest BCUT2D eigenvalue weighted by Crippen LogP contribution is -2.32. The van der Waals surface area contributed by atoms with Gasteiger partial charge in [-0.15, -0.1) is 0 Å². The minimum absolute atomic E-state index is 0.121. The molecule has 25 heavy (non-hydrogen) atoms. The van der Waals surface area contributed by atoms with Gasteiger partial charge in [-0.25, -0.2) is 0 Å². The SMILES string of the molecule is COc1cccc([C@H](C2NCc3cc(C(N)=O)ccc32)C(F)(F)F)c1. The molecule has 1 amide bonds. The van der Waals surface area contributed by atoms with E-state index >= 15 is 0 Å². The Morgan fingerprint density at radius 3 is 2.68 bits per heavy atom. The number of carbonyl (C=O) groups is 1. The normalized spacial score (nSPS) is 17.8. The van der Waals surface area contributed by atoms with Crippen LogP contribution in [-0.2, 0) is 6.54 Å². The molecule has 7 heteroatoms. The first kappa shape index (κ1) is 17.3. The van der Waals surface area contributed by atoms with Gasteiger partial charge >= 0.3 is 6.18 Å². The summed E-state index contributed by atoms with van der Waals surface area (Å²) >= 11 is 0. The Morgan fingerprint density at radius 2 is 2.04 bits per heavy atom. The van der Waals surface area contributed by atoms with Gasteiger partial charge in [-0.2, -0.15) is 13.2 Å². The van der Waals surface area contributed by atoms with Crippen molar-refractivity contribution in [3.63, 3.8) is 0 Å². The second-order valence-electron chi connectivity index (χ2n) is 5.93. The number of ether oxygens (including phenoxy) is 1. The molecule has 4 nitrogen and oxygen atoms in total. The highest BCUT2D eigenvalue weighted by Gasteiger charge is 2.48.